The number of hydrogen-bond donors (Lipinski definition) is 1. The molecule has 0 aromatic carbocycles. The van der Waals surface area contributed by atoms with Crippen LogP contribution in [0.3, 0.4) is 0 Å². The number of thiophene rings is 1. The van der Waals surface area contributed by atoms with Crippen molar-refractivity contribution >= 4 is 11.3 Å². The van der Waals surface area contributed by atoms with E-state index in [0.29, 0.717) is 0 Å². The SMILES string of the molecule is Cc1ccsc1C(N)C(C)(C)N(C)C. The molecule has 0 bridgehead atoms. The quantitative estimate of drug-likeness (QED) is 0.833. The van der Waals surface area contributed by atoms with Gasteiger partial charge < -0.3 is 10.6 Å². The Hall–Kier alpha value is -0.380. The van der Waals surface area contributed by atoms with Crippen LogP contribution in [0.4, 0.5) is 0 Å². The van der Waals surface area contributed by atoms with E-state index in [9.17, 15) is 0 Å². The van der Waals surface area contributed by atoms with Crippen LogP contribution in [0, 0.1) is 6.92 Å². The molecule has 2 nitrogen and oxygen atoms in total. The lowest BCUT2D eigenvalue weighted by atomic mass is 9.91. The first kappa shape index (κ1) is 11.7. The Morgan fingerprint density at radius 3 is 2.36 bits per heavy atom. The molecule has 2 N–H and O–H groups in total. The number of likely N-dealkylation sites (N-methyl/N-ethyl adjacent to an activating group) is 1. The molecule has 0 saturated heterocycles. The van der Waals surface area contributed by atoms with E-state index in [2.05, 4.69) is 51.2 Å². The average molecular weight is 212 g/mol. The van der Waals surface area contributed by atoms with Crippen LogP contribution >= 0.6 is 11.3 Å². The maximum absolute atomic E-state index is 6.29. The van der Waals surface area contributed by atoms with Gasteiger partial charge in [-0.15, -0.1) is 11.3 Å². The van der Waals surface area contributed by atoms with Gasteiger partial charge in [-0.05, 0) is 51.9 Å². The average Bonchev–Trinajstić information content (AvgIpc) is 2.49. The predicted octanol–water partition coefficient (Wildman–Crippen LogP) is 2.40. The van der Waals surface area contributed by atoms with Gasteiger partial charge in [-0.1, -0.05) is 0 Å². The third-order valence-corrected chi connectivity index (χ3v) is 4.20. The van der Waals surface area contributed by atoms with E-state index < -0.39 is 0 Å². The van der Waals surface area contributed by atoms with Gasteiger partial charge in [0.15, 0.2) is 0 Å². The first-order chi connectivity index (χ1) is 6.37. The first-order valence-corrected chi connectivity index (χ1v) is 5.72. The Kier molecular flexibility index (Phi) is 3.35. The van der Waals surface area contributed by atoms with Crippen molar-refractivity contribution in [3.63, 3.8) is 0 Å². The lowest BCUT2D eigenvalue weighted by Crippen LogP contribution is -2.47. The second-order valence-electron chi connectivity index (χ2n) is 4.49. The van der Waals surface area contributed by atoms with E-state index in [4.69, 9.17) is 5.73 Å². The highest BCUT2D eigenvalue weighted by atomic mass is 32.1. The van der Waals surface area contributed by atoms with Crippen LogP contribution in [0.15, 0.2) is 11.4 Å². The smallest absolute Gasteiger partial charge is 0.0573 e. The van der Waals surface area contributed by atoms with Crippen molar-refractivity contribution in [1.82, 2.24) is 4.90 Å². The molecule has 1 unspecified atom stereocenters. The van der Waals surface area contributed by atoms with E-state index in [1.54, 1.807) is 11.3 Å². The van der Waals surface area contributed by atoms with Crippen LogP contribution in [0.5, 0.6) is 0 Å². The zero-order chi connectivity index (χ0) is 10.9. The fourth-order valence-electron chi connectivity index (χ4n) is 1.30. The molecule has 0 aliphatic rings. The second kappa shape index (κ2) is 4.01. The Morgan fingerprint density at radius 1 is 1.43 bits per heavy atom. The van der Waals surface area contributed by atoms with Crippen molar-refractivity contribution in [3.8, 4) is 0 Å². The molecule has 3 heteroatoms. The molecule has 1 atom stereocenters. The summed E-state index contributed by atoms with van der Waals surface area (Å²) >= 11 is 1.75. The molecule has 1 aromatic rings. The van der Waals surface area contributed by atoms with Crippen LogP contribution in [0.2, 0.25) is 0 Å². The minimum absolute atomic E-state index is 0.00435. The molecule has 0 fully saturated rings. The molecular weight excluding hydrogens is 192 g/mol. The zero-order valence-corrected chi connectivity index (χ0v) is 10.5. The normalized spacial score (nSPS) is 14.8. The molecule has 0 spiro atoms. The summed E-state index contributed by atoms with van der Waals surface area (Å²) in [5.74, 6) is 0. The lowest BCUT2D eigenvalue weighted by Gasteiger charge is -2.38. The van der Waals surface area contributed by atoms with Crippen LogP contribution in [-0.4, -0.2) is 24.5 Å². The molecule has 0 aliphatic heterocycles. The van der Waals surface area contributed by atoms with Crippen molar-refractivity contribution in [2.45, 2.75) is 32.4 Å². The van der Waals surface area contributed by atoms with E-state index in [1.165, 1.54) is 10.4 Å². The minimum atomic E-state index is -0.00435. The largest absolute Gasteiger partial charge is 0.322 e. The first-order valence-electron chi connectivity index (χ1n) is 4.84. The molecule has 80 valence electrons. The Morgan fingerprint density at radius 2 is 2.00 bits per heavy atom. The van der Waals surface area contributed by atoms with Gasteiger partial charge >= 0.3 is 0 Å². The topological polar surface area (TPSA) is 29.3 Å². The number of aryl methyl sites for hydroxylation is 1. The van der Waals surface area contributed by atoms with E-state index in [0.717, 1.165) is 0 Å². The van der Waals surface area contributed by atoms with Crippen LogP contribution in [-0.2, 0) is 0 Å². The molecular formula is C11H20N2S. The second-order valence-corrected chi connectivity index (χ2v) is 5.44. The van der Waals surface area contributed by atoms with Gasteiger partial charge in [0.1, 0.15) is 0 Å². The fourth-order valence-corrected chi connectivity index (χ4v) is 2.41. The summed E-state index contributed by atoms with van der Waals surface area (Å²) in [6.07, 6.45) is 0. The third-order valence-electron chi connectivity index (χ3n) is 3.10. The molecule has 0 amide bonds. The van der Waals surface area contributed by atoms with Crippen molar-refractivity contribution in [2.24, 2.45) is 5.73 Å². The highest BCUT2D eigenvalue weighted by Crippen LogP contribution is 2.32. The van der Waals surface area contributed by atoms with Crippen molar-refractivity contribution in [2.75, 3.05) is 14.1 Å². The minimum Gasteiger partial charge on any atom is -0.322 e. The van der Waals surface area contributed by atoms with Gasteiger partial charge in [0, 0.05) is 10.4 Å². The summed E-state index contributed by atoms with van der Waals surface area (Å²) in [4.78, 5) is 3.47. The Labute approximate surface area is 90.7 Å². The monoisotopic (exact) mass is 212 g/mol. The van der Waals surface area contributed by atoms with Crippen molar-refractivity contribution in [1.29, 1.82) is 0 Å². The number of hydrogen-bond acceptors (Lipinski definition) is 3. The summed E-state index contributed by atoms with van der Waals surface area (Å²) in [7, 11) is 4.14. The summed E-state index contributed by atoms with van der Waals surface area (Å²) in [5.41, 5.74) is 7.59. The Bertz CT molecular complexity index is 302. The molecule has 0 radical (unpaired) electrons. The van der Waals surface area contributed by atoms with Crippen LogP contribution < -0.4 is 5.73 Å². The van der Waals surface area contributed by atoms with E-state index in [1.807, 2.05) is 0 Å². The highest BCUT2D eigenvalue weighted by molar-refractivity contribution is 7.10. The van der Waals surface area contributed by atoms with Gasteiger partial charge in [-0.3, -0.25) is 0 Å². The van der Waals surface area contributed by atoms with E-state index in [-0.39, 0.29) is 11.6 Å². The maximum Gasteiger partial charge on any atom is 0.0573 e. The van der Waals surface area contributed by atoms with Gasteiger partial charge in [-0.25, -0.2) is 0 Å². The maximum atomic E-state index is 6.29. The standard InChI is InChI=1S/C11H20N2S/c1-8-6-7-14-9(8)10(12)11(2,3)13(4)5/h6-7,10H,12H2,1-5H3. The van der Waals surface area contributed by atoms with Gasteiger partial charge in [0.05, 0.1) is 6.04 Å². The number of nitrogens with zero attached hydrogens (tertiary/aromatic N) is 1. The van der Waals surface area contributed by atoms with Crippen molar-refractivity contribution in [3.05, 3.63) is 21.9 Å². The summed E-state index contributed by atoms with van der Waals surface area (Å²) in [5, 5.41) is 2.11. The summed E-state index contributed by atoms with van der Waals surface area (Å²) in [6.45, 7) is 6.48. The fraction of sp³-hybridized carbons (Fsp3) is 0.636. The number of rotatable bonds is 3. The molecule has 1 rings (SSSR count). The highest BCUT2D eigenvalue weighted by Gasteiger charge is 2.31. The van der Waals surface area contributed by atoms with Crippen molar-refractivity contribution < 1.29 is 0 Å². The van der Waals surface area contributed by atoms with Crippen LogP contribution in [0.1, 0.15) is 30.3 Å². The summed E-state index contributed by atoms with van der Waals surface area (Å²) in [6, 6.07) is 2.21. The molecule has 1 aromatic heterocycles. The lowest BCUT2D eigenvalue weighted by molar-refractivity contribution is 0.160. The van der Waals surface area contributed by atoms with E-state index >= 15 is 0 Å². The predicted molar refractivity (Wildman–Crippen MR) is 63.8 cm³/mol. The van der Waals surface area contributed by atoms with Gasteiger partial charge in [0.25, 0.3) is 0 Å². The molecule has 0 saturated carbocycles. The molecule has 0 aliphatic carbocycles. The Balaban J connectivity index is 2.96. The molecule has 1 heterocycles. The third kappa shape index (κ3) is 2.00. The number of nitrogens with two attached hydrogens (primary N) is 1. The summed E-state index contributed by atoms with van der Waals surface area (Å²) < 4.78 is 0. The zero-order valence-electron chi connectivity index (χ0n) is 9.66. The molecule has 14 heavy (non-hydrogen) atoms. The van der Waals surface area contributed by atoms with Crippen LogP contribution in [0.25, 0.3) is 0 Å². The van der Waals surface area contributed by atoms with Gasteiger partial charge in [-0.2, -0.15) is 0 Å². The van der Waals surface area contributed by atoms with Gasteiger partial charge in [0.2, 0.25) is 0 Å².